The highest BCUT2D eigenvalue weighted by atomic mass is 35.5. The second-order valence-electron chi connectivity index (χ2n) is 5.86. The molecule has 2 aromatic heterocycles. The molecule has 3 aromatic rings. The van der Waals surface area contributed by atoms with Crippen LogP contribution in [0.5, 0.6) is 5.75 Å². The number of aromatic nitrogens is 1. The Kier molecular flexibility index (Phi) is 3.73. The molecule has 1 aliphatic rings. The summed E-state index contributed by atoms with van der Waals surface area (Å²) in [7, 11) is 0. The van der Waals surface area contributed by atoms with Gasteiger partial charge in [-0.3, -0.25) is 4.79 Å². The summed E-state index contributed by atoms with van der Waals surface area (Å²) in [6.45, 7) is 3.06. The molecule has 0 bridgehead atoms. The normalized spacial score (nSPS) is 16.2. The molecule has 1 N–H and O–H groups in total. The zero-order chi connectivity index (χ0) is 16.7. The van der Waals surface area contributed by atoms with Crippen molar-refractivity contribution in [3.05, 3.63) is 53.1 Å². The van der Waals surface area contributed by atoms with E-state index in [9.17, 15) is 4.79 Å². The van der Waals surface area contributed by atoms with E-state index < -0.39 is 0 Å². The number of ether oxygens (including phenoxy) is 1. The highest BCUT2D eigenvalue weighted by Crippen LogP contribution is 2.38. The van der Waals surface area contributed by atoms with Crippen molar-refractivity contribution in [1.82, 2.24) is 9.88 Å². The molecule has 1 atom stereocenters. The van der Waals surface area contributed by atoms with E-state index in [-0.39, 0.29) is 12.0 Å². The van der Waals surface area contributed by atoms with E-state index in [1.54, 1.807) is 12.3 Å². The van der Waals surface area contributed by atoms with E-state index in [1.807, 2.05) is 28.8 Å². The minimum absolute atomic E-state index is 0.0471. The van der Waals surface area contributed by atoms with Crippen LogP contribution in [0.25, 0.3) is 10.9 Å². The number of hydrogen-bond acceptors (Lipinski definition) is 3. The minimum atomic E-state index is -0.152. The zero-order valence-corrected chi connectivity index (χ0v) is 14.0. The van der Waals surface area contributed by atoms with Crippen molar-refractivity contribution in [2.45, 2.75) is 32.5 Å². The molecule has 0 unspecified atom stereocenters. The Hall–Kier alpha value is -2.40. The topological polar surface area (TPSA) is 56.4 Å². The molecule has 6 heteroatoms. The summed E-state index contributed by atoms with van der Waals surface area (Å²) in [5.74, 6) is 1.34. The monoisotopic (exact) mass is 344 g/mol. The fourth-order valence-electron chi connectivity index (χ4n) is 3.09. The molecule has 0 spiro atoms. The number of benzene rings is 1. The van der Waals surface area contributed by atoms with Crippen molar-refractivity contribution in [2.75, 3.05) is 0 Å². The van der Waals surface area contributed by atoms with Gasteiger partial charge in [0.15, 0.2) is 0 Å². The molecule has 1 aliphatic heterocycles. The largest absolute Gasteiger partial charge is 0.486 e. The molecule has 0 radical (unpaired) electrons. The van der Waals surface area contributed by atoms with Gasteiger partial charge in [0.2, 0.25) is 0 Å². The van der Waals surface area contributed by atoms with Crippen LogP contribution in [0, 0.1) is 0 Å². The zero-order valence-electron chi connectivity index (χ0n) is 13.2. The maximum Gasteiger partial charge on any atom is 0.268 e. The number of nitrogens with zero attached hydrogens (tertiary/aromatic N) is 1. The van der Waals surface area contributed by atoms with Gasteiger partial charge in [0, 0.05) is 5.39 Å². The molecule has 0 fully saturated rings. The van der Waals surface area contributed by atoms with Crippen LogP contribution in [0.1, 0.15) is 29.6 Å². The van der Waals surface area contributed by atoms with Gasteiger partial charge in [-0.1, -0.05) is 18.5 Å². The molecular formula is C18H17ClN2O3. The van der Waals surface area contributed by atoms with Crippen molar-refractivity contribution >= 4 is 28.4 Å². The Bertz CT molecular complexity index is 899. The fraction of sp³-hybridized carbons (Fsp3) is 0.278. The van der Waals surface area contributed by atoms with Crippen LogP contribution in [0.4, 0.5) is 0 Å². The smallest absolute Gasteiger partial charge is 0.268 e. The van der Waals surface area contributed by atoms with Crippen LogP contribution in [-0.4, -0.2) is 16.6 Å². The average molecular weight is 345 g/mol. The Morgan fingerprint density at radius 2 is 2.29 bits per heavy atom. The summed E-state index contributed by atoms with van der Waals surface area (Å²) in [4.78, 5) is 12.7. The summed E-state index contributed by atoms with van der Waals surface area (Å²) in [5.41, 5.74) is 1.48. The van der Waals surface area contributed by atoms with Crippen LogP contribution >= 0.6 is 11.6 Å². The highest BCUT2D eigenvalue weighted by molar-refractivity contribution is 6.36. The van der Waals surface area contributed by atoms with Crippen LogP contribution in [0.2, 0.25) is 5.02 Å². The maximum absolute atomic E-state index is 12.7. The predicted octanol–water partition coefficient (Wildman–Crippen LogP) is 3.99. The van der Waals surface area contributed by atoms with E-state index in [0.29, 0.717) is 29.6 Å². The quantitative estimate of drug-likeness (QED) is 0.778. The number of halogens is 1. The molecule has 4 rings (SSSR count). The summed E-state index contributed by atoms with van der Waals surface area (Å²) in [6, 6.07) is 9.14. The molecule has 0 saturated carbocycles. The predicted molar refractivity (Wildman–Crippen MR) is 91.5 cm³/mol. The molecular weight excluding hydrogens is 328 g/mol. The van der Waals surface area contributed by atoms with Crippen molar-refractivity contribution in [3.63, 3.8) is 0 Å². The average Bonchev–Trinajstić information content (AvgIpc) is 3.24. The summed E-state index contributed by atoms with van der Waals surface area (Å²) < 4.78 is 13.3. The van der Waals surface area contributed by atoms with Crippen LogP contribution in [0.3, 0.4) is 0 Å². The molecule has 1 aromatic carbocycles. The van der Waals surface area contributed by atoms with Crippen molar-refractivity contribution in [1.29, 1.82) is 0 Å². The number of nitrogens with one attached hydrogen (secondary N) is 1. The number of furan rings is 1. The van der Waals surface area contributed by atoms with Crippen molar-refractivity contribution in [2.24, 2.45) is 0 Å². The standard InChI is InChI=1S/C18H17ClN2O3/c1-2-11-10-21-15(18(22)20-9-12-4-3-7-23-12)8-13-14(19)5-6-16(24-11)17(13)21/h3-8,11H,2,9-10H2,1H3,(H,20,22)/t11-/m1/s1. The van der Waals surface area contributed by atoms with E-state index in [2.05, 4.69) is 12.2 Å². The second kappa shape index (κ2) is 5.91. The Balaban J connectivity index is 1.72. The molecule has 5 nitrogen and oxygen atoms in total. The Labute approximate surface area is 144 Å². The van der Waals surface area contributed by atoms with E-state index in [1.165, 1.54) is 0 Å². The summed E-state index contributed by atoms with van der Waals surface area (Å²) >= 11 is 6.31. The summed E-state index contributed by atoms with van der Waals surface area (Å²) in [6.07, 6.45) is 2.51. The molecule has 0 saturated heterocycles. The lowest BCUT2D eigenvalue weighted by atomic mass is 10.2. The third kappa shape index (κ3) is 2.45. The first-order valence-corrected chi connectivity index (χ1v) is 8.34. The van der Waals surface area contributed by atoms with E-state index >= 15 is 0 Å². The Morgan fingerprint density at radius 3 is 3.04 bits per heavy atom. The van der Waals surface area contributed by atoms with Gasteiger partial charge in [0.25, 0.3) is 5.91 Å². The number of rotatable bonds is 4. The van der Waals surface area contributed by atoms with Crippen LogP contribution in [0.15, 0.2) is 41.0 Å². The van der Waals surface area contributed by atoms with Gasteiger partial charge in [-0.25, -0.2) is 0 Å². The first-order chi connectivity index (χ1) is 11.7. The lowest BCUT2D eigenvalue weighted by molar-refractivity contribution is 0.0932. The first-order valence-electron chi connectivity index (χ1n) is 7.96. The molecule has 0 aliphatic carbocycles. The van der Waals surface area contributed by atoms with E-state index in [4.69, 9.17) is 20.8 Å². The molecule has 124 valence electrons. The van der Waals surface area contributed by atoms with Crippen LogP contribution in [-0.2, 0) is 13.1 Å². The molecule has 24 heavy (non-hydrogen) atoms. The number of carbonyl (C=O) groups excluding carboxylic acids is 1. The molecule has 1 amide bonds. The number of amides is 1. The number of carbonyl (C=O) groups is 1. The third-order valence-electron chi connectivity index (χ3n) is 4.34. The van der Waals surface area contributed by atoms with Gasteiger partial charge < -0.3 is 19.0 Å². The Morgan fingerprint density at radius 1 is 1.42 bits per heavy atom. The first kappa shape index (κ1) is 15.1. The second-order valence-corrected chi connectivity index (χ2v) is 6.27. The SMILES string of the molecule is CC[C@@H]1Cn2c(C(=O)NCc3ccco3)cc3c(Cl)ccc(c32)O1. The van der Waals surface area contributed by atoms with E-state index in [0.717, 1.165) is 23.1 Å². The van der Waals surface area contributed by atoms with Crippen LogP contribution < -0.4 is 10.1 Å². The van der Waals surface area contributed by atoms with Gasteiger partial charge in [0.05, 0.1) is 29.9 Å². The van der Waals surface area contributed by atoms with Gasteiger partial charge in [0.1, 0.15) is 23.3 Å². The lowest BCUT2D eigenvalue weighted by Crippen LogP contribution is -2.31. The number of hydrogen-bond donors (Lipinski definition) is 1. The fourth-order valence-corrected chi connectivity index (χ4v) is 3.30. The molecule has 3 heterocycles. The van der Waals surface area contributed by atoms with Crippen molar-refractivity contribution in [3.8, 4) is 5.75 Å². The third-order valence-corrected chi connectivity index (χ3v) is 4.67. The van der Waals surface area contributed by atoms with Gasteiger partial charge in [-0.15, -0.1) is 0 Å². The minimum Gasteiger partial charge on any atom is -0.486 e. The lowest BCUT2D eigenvalue weighted by Gasteiger charge is -2.26. The van der Waals surface area contributed by atoms with Gasteiger partial charge in [-0.05, 0) is 36.8 Å². The van der Waals surface area contributed by atoms with Gasteiger partial charge >= 0.3 is 0 Å². The summed E-state index contributed by atoms with van der Waals surface area (Å²) in [5, 5.41) is 4.35. The van der Waals surface area contributed by atoms with Crippen molar-refractivity contribution < 1.29 is 13.9 Å². The van der Waals surface area contributed by atoms with Gasteiger partial charge in [-0.2, -0.15) is 0 Å². The highest BCUT2D eigenvalue weighted by Gasteiger charge is 2.26. The maximum atomic E-state index is 12.7.